The van der Waals surface area contributed by atoms with Gasteiger partial charge in [0.15, 0.2) is 0 Å². The van der Waals surface area contributed by atoms with Gasteiger partial charge in [-0.15, -0.1) is 0 Å². The molecule has 1 saturated carbocycles. The average Bonchev–Trinajstić information content (AvgIpc) is 2.99. The number of rotatable bonds is 6. The molecule has 3 rings (SSSR count). The van der Waals surface area contributed by atoms with Crippen LogP contribution in [0.5, 0.6) is 5.75 Å². The number of carbonyl (C=O) groups excluding carboxylic acids is 1. The number of nitrogens with zero attached hydrogens (tertiary/aromatic N) is 1. The molecular weight excluding hydrogens is 320 g/mol. The van der Waals surface area contributed by atoms with Crippen LogP contribution in [0.25, 0.3) is 0 Å². The predicted molar refractivity (Wildman–Crippen MR) is 93.3 cm³/mol. The first-order valence-corrected chi connectivity index (χ1v) is 8.96. The minimum atomic E-state index is -0.810. The van der Waals surface area contributed by atoms with E-state index in [2.05, 4.69) is 5.32 Å². The summed E-state index contributed by atoms with van der Waals surface area (Å²) in [6, 6.07) is 7.25. The number of carbonyl (C=O) groups is 2. The molecule has 1 saturated heterocycles. The van der Waals surface area contributed by atoms with E-state index in [9.17, 15) is 14.7 Å². The van der Waals surface area contributed by atoms with Gasteiger partial charge >= 0.3 is 5.97 Å². The van der Waals surface area contributed by atoms with Gasteiger partial charge in [-0.2, -0.15) is 0 Å². The Morgan fingerprint density at radius 1 is 1.32 bits per heavy atom. The third kappa shape index (κ3) is 4.12. The summed E-state index contributed by atoms with van der Waals surface area (Å²) in [6.07, 6.45) is 5.04. The van der Waals surface area contributed by atoms with E-state index in [4.69, 9.17) is 4.74 Å². The second kappa shape index (κ2) is 7.87. The fourth-order valence-electron chi connectivity index (χ4n) is 4.23. The molecule has 0 radical (unpaired) electrons. The van der Waals surface area contributed by atoms with Crippen molar-refractivity contribution in [2.45, 2.75) is 50.7 Å². The van der Waals surface area contributed by atoms with Crippen LogP contribution in [0.1, 0.15) is 37.7 Å². The topological polar surface area (TPSA) is 78.9 Å². The molecule has 2 aliphatic rings. The lowest BCUT2D eigenvalue weighted by atomic mass is 9.85. The van der Waals surface area contributed by atoms with Crippen molar-refractivity contribution >= 4 is 11.9 Å². The van der Waals surface area contributed by atoms with Crippen LogP contribution < -0.4 is 10.1 Å². The number of carboxylic acid groups (broad SMARTS) is 1. The smallest absolute Gasteiger partial charge is 0.320 e. The van der Waals surface area contributed by atoms with Crippen molar-refractivity contribution in [2.24, 2.45) is 5.92 Å². The van der Waals surface area contributed by atoms with Gasteiger partial charge in [0.25, 0.3) is 0 Å². The van der Waals surface area contributed by atoms with E-state index in [1.165, 1.54) is 6.42 Å². The van der Waals surface area contributed by atoms with Crippen molar-refractivity contribution in [2.75, 3.05) is 13.7 Å². The van der Waals surface area contributed by atoms with Crippen molar-refractivity contribution < 1.29 is 19.4 Å². The Balaban J connectivity index is 1.59. The molecular formula is C19H26N2O4. The van der Waals surface area contributed by atoms with E-state index < -0.39 is 12.0 Å². The van der Waals surface area contributed by atoms with Crippen LogP contribution in [-0.2, 0) is 16.1 Å². The molecule has 1 aromatic carbocycles. The molecule has 1 heterocycles. The van der Waals surface area contributed by atoms with Crippen LogP contribution in [0, 0.1) is 5.92 Å². The van der Waals surface area contributed by atoms with Gasteiger partial charge in [0.1, 0.15) is 11.8 Å². The Labute approximate surface area is 148 Å². The van der Waals surface area contributed by atoms with Gasteiger partial charge in [-0.25, -0.2) is 0 Å². The molecule has 0 aromatic heterocycles. The summed E-state index contributed by atoms with van der Waals surface area (Å²) in [5.41, 5.74) is 0.958. The highest BCUT2D eigenvalue weighted by atomic mass is 16.5. The zero-order valence-electron chi connectivity index (χ0n) is 14.6. The molecule has 1 aliphatic carbocycles. The number of ether oxygens (including phenoxy) is 1. The summed E-state index contributed by atoms with van der Waals surface area (Å²) < 4.78 is 5.18. The van der Waals surface area contributed by atoms with Crippen LogP contribution in [0.3, 0.4) is 0 Å². The van der Waals surface area contributed by atoms with Crippen molar-refractivity contribution in [1.29, 1.82) is 0 Å². The molecule has 1 amide bonds. The monoisotopic (exact) mass is 346 g/mol. The molecule has 6 heteroatoms. The fraction of sp³-hybridized carbons (Fsp3) is 0.579. The lowest BCUT2D eigenvalue weighted by Gasteiger charge is -2.32. The van der Waals surface area contributed by atoms with E-state index in [-0.39, 0.29) is 18.5 Å². The lowest BCUT2D eigenvalue weighted by Crippen LogP contribution is -2.47. The zero-order valence-corrected chi connectivity index (χ0v) is 14.6. The summed E-state index contributed by atoms with van der Waals surface area (Å²) in [5.74, 6) is 0.235. The number of fused-ring (bicyclic) bond motifs is 1. The highest BCUT2D eigenvalue weighted by Crippen LogP contribution is 2.39. The summed E-state index contributed by atoms with van der Waals surface area (Å²) >= 11 is 0. The Morgan fingerprint density at radius 2 is 2.12 bits per heavy atom. The van der Waals surface area contributed by atoms with Crippen molar-refractivity contribution in [3.8, 4) is 5.75 Å². The van der Waals surface area contributed by atoms with E-state index >= 15 is 0 Å². The second-order valence-corrected chi connectivity index (χ2v) is 7.00. The average molecular weight is 346 g/mol. The number of likely N-dealkylation sites (tertiary alicyclic amines) is 1. The highest BCUT2D eigenvalue weighted by Gasteiger charge is 2.45. The van der Waals surface area contributed by atoms with E-state index in [0.29, 0.717) is 18.9 Å². The van der Waals surface area contributed by atoms with Crippen LogP contribution in [0.2, 0.25) is 0 Å². The molecule has 136 valence electrons. The molecule has 1 aliphatic heterocycles. The number of hydrogen-bond acceptors (Lipinski definition) is 4. The van der Waals surface area contributed by atoms with Crippen LogP contribution in [-0.4, -0.2) is 47.6 Å². The number of nitrogens with one attached hydrogen (secondary N) is 1. The SMILES string of the molecule is COc1cccc(CNC(=O)CN2[C@H](C(=O)O)C[C@H]3CCCC[C@@H]32)c1. The van der Waals surface area contributed by atoms with Crippen molar-refractivity contribution in [3.05, 3.63) is 29.8 Å². The number of carboxylic acids is 1. The highest BCUT2D eigenvalue weighted by molar-refractivity contribution is 5.80. The van der Waals surface area contributed by atoms with Gasteiger partial charge in [0.2, 0.25) is 5.91 Å². The second-order valence-electron chi connectivity index (χ2n) is 7.00. The Hall–Kier alpha value is -2.08. The summed E-state index contributed by atoms with van der Waals surface area (Å²) in [5, 5.41) is 12.4. The number of methoxy groups -OCH3 is 1. The van der Waals surface area contributed by atoms with E-state index in [0.717, 1.165) is 30.6 Å². The zero-order chi connectivity index (χ0) is 17.8. The van der Waals surface area contributed by atoms with Gasteiger partial charge in [-0.1, -0.05) is 25.0 Å². The van der Waals surface area contributed by atoms with Gasteiger partial charge in [-0.3, -0.25) is 14.5 Å². The largest absolute Gasteiger partial charge is 0.497 e. The van der Waals surface area contributed by atoms with Gasteiger partial charge in [-0.05, 0) is 42.9 Å². The molecule has 6 nitrogen and oxygen atoms in total. The first-order valence-electron chi connectivity index (χ1n) is 8.96. The van der Waals surface area contributed by atoms with Gasteiger partial charge in [0.05, 0.1) is 13.7 Å². The molecule has 1 aromatic rings. The number of hydrogen-bond donors (Lipinski definition) is 2. The molecule has 2 N–H and O–H groups in total. The first kappa shape index (κ1) is 17.7. The Morgan fingerprint density at radius 3 is 2.88 bits per heavy atom. The van der Waals surface area contributed by atoms with Crippen LogP contribution >= 0.6 is 0 Å². The Bertz CT molecular complexity index is 634. The number of aliphatic carboxylic acids is 1. The summed E-state index contributed by atoms with van der Waals surface area (Å²) in [6.45, 7) is 0.567. The molecule has 0 bridgehead atoms. The summed E-state index contributed by atoms with van der Waals surface area (Å²) in [7, 11) is 1.61. The molecule has 2 fully saturated rings. The quantitative estimate of drug-likeness (QED) is 0.824. The fourth-order valence-corrected chi connectivity index (χ4v) is 4.23. The minimum absolute atomic E-state index is 0.125. The number of amides is 1. The van der Waals surface area contributed by atoms with Crippen LogP contribution in [0.15, 0.2) is 24.3 Å². The van der Waals surface area contributed by atoms with Gasteiger partial charge < -0.3 is 15.2 Å². The lowest BCUT2D eigenvalue weighted by molar-refractivity contribution is -0.143. The maximum absolute atomic E-state index is 12.4. The standard InChI is InChI=1S/C19H26N2O4/c1-25-15-7-4-5-13(9-15)11-20-18(22)12-21-16-8-3-2-6-14(16)10-17(21)19(23)24/h4-5,7,9,14,16-17H,2-3,6,8,10-12H2,1H3,(H,20,22)(H,23,24)/t14-,16+,17+/m1/s1. The normalized spacial score (nSPS) is 26.0. The van der Waals surface area contributed by atoms with E-state index in [1.807, 2.05) is 29.2 Å². The molecule has 3 atom stereocenters. The predicted octanol–water partition coefficient (Wildman–Crippen LogP) is 2.03. The first-order chi connectivity index (χ1) is 12.1. The van der Waals surface area contributed by atoms with E-state index in [1.54, 1.807) is 7.11 Å². The van der Waals surface area contributed by atoms with Crippen LogP contribution in [0.4, 0.5) is 0 Å². The van der Waals surface area contributed by atoms with Crippen molar-refractivity contribution in [1.82, 2.24) is 10.2 Å². The van der Waals surface area contributed by atoms with Crippen molar-refractivity contribution in [3.63, 3.8) is 0 Å². The third-order valence-electron chi connectivity index (χ3n) is 5.46. The maximum atomic E-state index is 12.4. The number of benzene rings is 1. The van der Waals surface area contributed by atoms with Gasteiger partial charge in [0, 0.05) is 12.6 Å². The minimum Gasteiger partial charge on any atom is -0.497 e. The molecule has 0 unspecified atom stereocenters. The summed E-state index contributed by atoms with van der Waals surface area (Å²) in [4.78, 5) is 25.9. The molecule has 0 spiro atoms. The Kier molecular flexibility index (Phi) is 5.58. The third-order valence-corrected chi connectivity index (χ3v) is 5.46. The maximum Gasteiger partial charge on any atom is 0.320 e. The molecule has 25 heavy (non-hydrogen) atoms.